The highest BCUT2D eigenvalue weighted by Gasteiger charge is 2.09. The van der Waals surface area contributed by atoms with Crippen LogP contribution in [0.1, 0.15) is 19.3 Å². The number of carbonyl (C=O) groups is 1. The van der Waals surface area contributed by atoms with E-state index in [0.717, 1.165) is 12.8 Å². The predicted molar refractivity (Wildman–Crippen MR) is 59.0 cm³/mol. The van der Waals surface area contributed by atoms with Gasteiger partial charge in [0.05, 0.1) is 0 Å². The van der Waals surface area contributed by atoms with Crippen LogP contribution in [0.25, 0.3) is 0 Å². The van der Waals surface area contributed by atoms with Gasteiger partial charge in [-0.3, -0.25) is 4.79 Å². The van der Waals surface area contributed by atoms with Crippen LogP contribution in [0.2, 0.25) is 0 Å². The molecule has 0 bridgehead atoms. The molecule has 0 amide bonds. The summed E-state index contributed by atoms with van der Waals surface area (Å²) in [5.41, 5.74) is 5.30. The normalized spacial score (nSPS) is 12.2. The lowest BCUT2D eigenvalue weighted by Crippen LogP contribution is -2.30. The maximum atomic E-state index is 10.3. The average Bonchev–Trinajstić information content (AvgIpc) is 2.02. The Hall–Kier alpha value is -0.330. The molecule has 0 spiro atoms. The maximum absolute atomic E-state index is 10.3. The summed E-state index contributed by atoms with van der Waals surface area (Å²) in [5, 5.41) is 11.3. The second-order valence-electron chi connectivity index (χ2n) is 2.67. The van der Waals surface area contributed by atoms with Gasteiger partial charge in [-0.25, -0.2) is 0 Å². The van der Waals surface area contributed by atoms with E-state index >= 15 is 0 Å². The summed E-state index contributed by atoms with van der Waals surface area (Å²) < 4.78 is 0.461. The van der Waals surface area contributed by atoms with Crippen molar-refractivity contribution in [3.05, 3.63) is 0 Å². The van der Waals surface area contributed by atoms with Gasteiger partial charge in [0.1, 0.15) is 10.4 Å². The minimum Gasteiger partial charge on any atom is -0.480 e. The van der Waals surface area contributed by atoms with E-state index in [4.69, 9.17) is 10.8 Å². The number of thiol groups is 1. The van der Waals surface area contributed by atoms with Crippen LogP contribution in [-0.2, 0) is 4.79 Å². The molecule has 4 nitrogen and oxygen atoms in total. The summed E-state index contributed by atoms with van der Waals surface area (Å²) in [6, 6.07) is -0.747. The molecule has 1 atom stereocenters. The van der Waals surface area contributed by atoms with E-state index < -0.39 is 12.0 Å². The zero-order valence-corrected chi connectivity index (χ0v) is 8.90. The molecule has 6 heteroatoms. The lowest BCUT2D eigenvalue weighted by atomic mass is 10.1. The van der Waals surface area contributed by atoms with Crippen molar-refractivity contribution in [1.29, 1.82) is 0 Å². The number of aliphatic carboxylic acids is 1. The van der Waals surface area contributed by atoms with Crippen LogP contribution < -0.4 is 11.1 Å². The fourth-order valence-corrected chi connectivity index (χ4v) is 1.02. The molecule has 0 aromatic heterocycles. The van der Waals surface area contributed by atoms with E-state index in [0.29, 0.717) is 17.3 Å². The van der Waals surface area contributed by atoms with Crippen molar-refractivity contribution in [3.8, 4) is 0 Å². The third kappa shape index (κ3) is 8.01. The number of nitrogens with two attached hydrogens (primary N) is 1. The van der Waals surface area contributed by atoms with Crippen molar-refractivity contribution in [1.82, 2.24) is 5.32 Å². The largest absolute Gasteiger partial charge is 0.480 e. The van der Waals surface area contributed by atoms with Gasteiger partial charge in [-0.05, 0) is 19.3 Å². The van der Waals surface area contributed by atoms with Gasteiger partial charge in [-0.2, -0.15) is 0 Å². The Morgan fingerprint density at radius 2 is 2.23 bits per heavy atom. The van der Waals surface area contributed by atoms with Gasteiger partial charge >= 0.3 is 5.97 Å². The van der Waals surface area contributed by atoms with Gasteiger partial charge in [-0.15, -0.1) is 12.6 Å². The van der Waals surface area contributed by atoms with Gasteiger partial charge in [-0.1, -0.05) is 12.2 Å². The number of carboxylic acid groups (broad SMARTS) is 1. The van der Waals surface area contributed by atoms with Crippen LogP contribution in [-0.4, -0.2) is 28.0 Å². The standard InChI is InChI=1S/C7H14N2O2S2/c8-5(6(10)11)3-1-2-4-9-7(12)13/h5H,1-4,8H2,(H,10,11)(H2,9,12,13)/t5-/m0/s1. The molecule has 0 saturated carbocycles. The second-order valence-corrected chi connectivity index (χ2v) is 3.83. The number of hydrogen-bond donors (Lipinski definition) is 4. The first-order valence-corrected chi connectivity index (χ1v) is 4.84. The molecule has 0 aliphatic heterocycles. The molecule has 0 saturated heterocycles. The fourth-order valence-electron chi connectivity index (χ4n) is 0.808. The van der Waals surface area contributed by atoms with Crippen LogP contribution in [0.15, 0.2) is 0 Å². The molecule has 0 aliphatic rings. The summed E-state index contributed by atoms with van der Waals surface area (Å²) in [7, 11) is 0. The van der Waals surface area contributed by atoms with E-state index in [9.17, 15) is 4.79 Å². The van der Waals surface area contributed by atoms with Crippen molar-refractivity contribution >= 4 is 35.1 Å². The molecule has 0 heterocycles. The molecule has 13 heavy (non-hydrogen) atoms. The first-order valence-electron chi connectivity index (χ1n) is 3.99. The van der Waals surface area contributed by atoms with Gasteiger partial charge in [0.2, 0.25) is 0 Å². The number of carboxylic acids is 1. The smallest absolute Gasteiger partial charge is 0.320 e. The summed E-state index contributed by atoms with van der Waals surface area (Å²) in [5.74, 6) is -0.947. The SMILES string of the molecule is N[C@@H](CCCCNC(=S)S)C(=O)O. The molecule has 0 rings (SSSR count). The Balaban J connectivity index is 3.26. The van der Waals surface area contributed by atoms with Crippen LogP contribution in [0.3, 0.4) is 0 Å². The van der Waals surface area contributed by atoms with Crippen LogP contribution in [0.4, 0.5) is 0 Å². The molecule has 0 radical (unpaired) electrons. The van der Waals surface area contributed by atoms with E-state index in [1.54, 1.807) is 0 Å². The fraction of sp³-hybridized carbons (Fsp3) is 0.714. The van der Waals surface area contributed by atoms with E-state index in [2.05, 4.69) is 30.2 Å². The average molecular weight is 222 g/mol. The summed E-state index contributed by atoms with van der Waals surface area (Å²) in [4.78, 5) is 10.3. The molecule has 0 aromatic carbocycles. The lowest BCUT2D eigenvalue weighted by molar-refractivity contribution is -0.138. The van der Waals surface area contributed by atoms with Crippen molar-refractivity contribution in [2.45, 2.75) is 25.3 Å². The number of nitrogens with one attached hydrogen (secondary N) is 1. The minimum absolute atomic E-state index is 0.461. The van der Waals surface area contributed by atoms with Crippen molar-refractivity contribution < 1.29 is 9.90 Å². The Kier molecular flexibility index (Phi) is 6.93. The van der Waals surface area contributed by atoms with Crippen LogP contribution in [0, 0.1) is 0 Å². The number of rotatable bonds is 6. The third-order valence-electron chi connectivity index (χ3n) is 1.54. The van der Waals surface area contributed by atoms with Gasteiger partial charge in [0.25, 0.3) is 0 Å². The monoisotopic (exact) mass is 222 g/mol. The summed E-state index contributed by atoms with van der Waals surface area (Å²) >= 11 is 8.55. The zero-order chi connectivity index (χ0) is 10.3. The van der Waals surface area contributed by atoms with Gasteiger partial charge < -0.3 is 16.2 Å². The number of thiocarbonyl (C=S) groups is 1. The highest BCUT2D eigenvalue weighted by atomic mass is 32.1. The Labute approximate surface area is 88.3 Å². The van der Waals surface area contributed by atoms with Crippen molar-refractivity contribution in [2.75, 3.05) is 6.54 Å². The quantitative estimate of drug-likeness (QED) is 0.297. The van der Waals surface area contributed by atoms with Crippen molar-refractivity contribution in [2.24, 2.45) is 5.73 Å². The predicted octanol–water partition coefficient (Wildman–Crippen LogP) is 0.373. The highest BCUT2D eigenvalue weighted by molar-refractivity contribution is 8.11. The van der Waals surface area contributed by atoms with Gasteiger partial charge in [0.15, 0.2) is 0 Å². The zero-order valence-electron chi connectivity index (χ0n) is 7.19. The summed E-state index contributed by atoms with van der Waals surface area (Å²) in [6.45, 7) is 0.717. The van der Waals surface area contributed by atoms with Crippen molar-refractivity contribution in [3.63, 3.8) is 0 Å². The molecule has 0 unspecified atom stereocenters. The number of hydrogen-bond acceptors (Lipinski definition) is 3. The van der Waals surface area contributed by atoms with E-state index in [1.807, 2.05) is 0 Å². The lowest BCUT2D eigenvalue weighted by Gasteiger charge is -2.06. The maximum Gasteiger partial charge on any atom is 0.320 e. The van der Waals surface area contributed by atoms with Crippen LogP contribution in [0.5, 0.6) is 0 Å². The number of unbranched alkanes of at least 4 members (excludes halogenated alkanes) is 1. The topological polar surface area (TPSA) is 75.3 Å². The molecular weight excluding hydrogens is 208 g/mol. The molecule has 76 valence electrons. The molecule has 0 fully saturated rings. The molecule has 4 N–H and O–H groups in total. The van der Waals surface area contributed by atoms with Gasteiger partial charge in [0, 0.05) is 6.54 Å². The summed E-state index contributed by atoms with van der Waals surface area (Å²) in [6.07, 6.45) is 2.12. The Bertz CT molecular complexity index is 187. The highest BCUT2D eigenvalue weighted by Crippen LogP contribution is 1.98. The third-order valence-corrected chi connectivity index (χ3v) is 1.84. The Morgan fingerprint density at radius 3 is 2.69 bits per heavy atom. The molecule has 0 aromatic rings. The van der Waals surface area contributed by atoms with Crippen LogP contribution >= 0.6 is 24.8 Å². The second kappa shape index (κ2) is 7.11. The first kappa shape index (κ1) is 12.7. The van der Waals surface area contributed by atoms with E-state index in [-0.39, 0.29) is 0 Å². The molecular formula is C7H14N2O2S2. The first-order chi connectivity index (χ1) is 6.04. The Morgan fingerprint density at radius 1 is 1.62 bits per heavy atom. The minimum atomic E-state index is -0.947. The molecule has 0 aliphatic carbocycles. The van der Waals surface area contributed by atoms with E-state index in [1.165, 1.54) is 0 Å².